The topological polar surface area (TPSA) is 41.1 Å². The molecule has 1 amide bonds. The van der Waals surface area contributed by atoms with Crippen LogP contribution in [-0.4, -0.2) is 5.91 Å². The Hall–Kier alpha value is -1.59. The number of fused-ring (bicyclic) bond motifs is 1. The minimum absolute atomic E-state index is 0.0277. The van der Waals surface area contributed by atoms with Crippen LogP contribution in [0.3, 0.4) is 0 Å². The van der Waals surface area contributed by atoms with Crippen molar-refractivity contribution in [2.45, 2.75) is 19.4 Å². The van der Waals surface area contributed by atoms with E-state index >= 15 is 0 Å². The average Bonchev–Trinajstić information content (AvgIpc) is 2.83. The first-order chi connectivity index (χ1) is 9.61. The Morgan fingerprint density at radius 3 is 2.95 bits per heavy atom. The lowest BCUT2D eigenvalue weighted by Crippen LogP contribution is -2.19. The number of amides is 1. The second-order valence-electron chi connectivity index (χ2n) is 4.60. The van der Waals surface area contributed by atoms with E-state index < -0.39 is 0 Å². The summed E-state index contributed by atoms with van der Waals surface area (Å²) in [5, 5.41) is 5.80. The molecule has 2 aromatic rings. The molecule has 2 N–H and O–H groups in total. The molecule has 3 rings (SSSR count). The molecule has 0 fully saturated rings. The molecule has 1 aliphatic heterocycles. The van der Waals surface area contributed by atoms with Gasteiger partial charge in [-0.25, -0.2) is 4.39 Å². The fraction of sp³-hybridized carbons (Fsp3) is 0.214. The Morgan fingerprint density at radius 1 is 1.35 bits per heavy atom. The van der Waals surface area contributed by atoms with E-state index in [2.05, 4.69) is 10.6 Å². The molecule has 6 heteroatoms. The number of hydrogen-bond donors (Lipinski definition) is 2. The molecule has 3 nitrogen and oxygen atoms in total. The van der Waals surface area contributed by atoms with Crippen LogP contribution in [-0.2, 0) is 17.8 Å². The molecular weight excluding hydrogens is 299 g/mol. The van der Waals surface area contributed by atoms with E-state index in [1.165, 1.54) is 17.4 Å². The maximum Gasteiger partial charge on any atom is 0.224 e. The van der Waals surface area contributed by atoms with Gasteiger partial charge in [-0.1, -0.05) is 11.6 Å². The van der Waals surface area contributed by atoms with E-state index in [0.717, 1.165) is 10.4 Å². The van der Waals surface area contributed by atoms with E-state index in [0.29, 0.717) is 35.1 Å². The Bertz CT molecular complexity index is 671. The van der Waals surface area contributed by atoms with Crippen LogP contribution in [0.4, 0.5) is 15.8 Å². The SMILES string of the molecule is O=C1CCc2cc(F)c(NCc3ccc(Cl)s3)cc2N1. The van der Waals surface area contributed by atoms with Gasteiger partial charge in [-0.05, 0) is 36.2 Å². The van der Waals surface area contributed by atoms with Crippen LogP contribution in [0.2, 0.25) is 4.34 Å². The lowest BCUT2D eigenvalue weighted by Gasteiger charge is -2.18. The first-order valence-corrected chi connectivity index (χ1v) is 7.41. The number of hydrogen-bond acceptors (Lipinski definition) is 3. The Labute approximate surface area is 124 Å². The molecule has 1 aromatic heterocycles. The van der Waals surface area contributed by atoms with E-state index in [4.69, 9.17) is 11.6 Å². The molecular formula is C14H12ClFN2OS. The predicted octanol–water partition coefficient (Wildman–Crippen LogP) is 4.04. The highest BCUT2D eigenvalue weighted by atomic mass is 35.5. The molecule has 0 radical (unpaired) electrons. The highest BCUT2D eigenvalue weighted by Gasteiger charge is 2.17. The third kappa shape index (κ3) is 2.78. The molecule has 104 valence electrons. The van der Waals surface area contributed by atoms with Crippen LogP contribution in [0.5, 0.6) is 0 Å². The van der Waals surface area contributed by atoms with Gasteiger partial charge in [-0.3, -0.25) is 4.79 Å². The summed E-state index contributed by atoms with van der Waals surface area (Å²) in [6, 6.07) is 6.85. The second-order valence-corrected chi connectivity index (χ2v) is 6.40. The van der Waals surface area contributed by atoms with Crippen molar-refractivity contribution in [3.05, 3.63) is 44.9 Å². The van der Waals surface area contributed by atoms with Crippen LogP contribution >= 0.6 is 22.9 Å². The summed E-state index contributed by atoms with van der Waals surface area (Å²) >= 11 is 7.31. The van der Waals surface area contributed by atoms with Crippen molar-refractivity contribution < 1.29 is 9.18 Å². The lowest BCUT2D eigenvalue weighted by atomic mass is 10.0. The van der Waals surface area contributed by atoms with Crippen molar-refractivity contribution >= 4 is 40.2 Å². The molecule has 1 aromatic carbocycles. The van der Waals surface area contributed by atoms with Crippen molar-refractivity contribution in [1.82, 2.24) is 0 Å². The number of anilines is 2. The van der Waals surface area contributed by atoms with Gasteiger partial charge in [0.15, 0.2) is 0 Å². The molecule has 0 atom stereocenters. The number of rotatable bonds is 3. The molecule has 0 saturated heterocycles. The first kappa shape index (κ1) is 13.4. The van der Waals surface area contributed by atoms with Crippen molar-refractivity contribution in [2.24, 2.45) is 0 Å². The summed E-state index contributed by atoms with van der Waals surface area (Å²) in [4.78, 5) is 12.4. The third-order valence-corrected chi connectivity index (χ3v) is 4.40. The number of aryl methyl sites for hydroxylation is 1. The standard InChI is InChI=1S/C14H12ClFN2OS/c15-13-3-2-9(20-13)7-17-12-6-11-8(5-10(12)16)1-4-14(19)18-11/h2-3,5-6,17H,1,4,7H2,(H,18,19). The van der Waals surface area contributed by atoms with Crippen LogP contribution in [0.1, 0.15) is 16.9 Å². The quantitative estimate of drug-likeness (QED) is 0.898. The van der Waals surface area contributed by atoms with Crippen LogP contribution < -0.4 is 10.6 Å². The van der Waals surface area contributed by atoms with E-state index in [-0.39, 0.29) is 11.7 Å². The zero-order valence-electron chi connectivity index (χ0n) is 10.5. The molecule has 0 bridgehead atoms. The molecule has 0 saturated carbocycles. The van der Waals surface area contributed by atoms with Crippen molar-refractivity contribution in [3.63, 3.8) is 0 Å². The Balaban J connectivity index is 1.79. The van der Waals surface area contributed by atoms with Gasteiger partial charge in [0.05, 0.1) is 10.0 Å². The van der Waals surface area contributed by atoms with Crippen molar-refractivity contribution in [3.8, 4) is 0 Å². The van der Waals surface area contributed by atoms with E-state index in [1.54, 1.807) is 6.07 Å². The first-order valence-electron chi connectivity index (χ1n) is 6.22. The van der Waals surface area contributed by atoms with Gasteiger partial charge >= 0.3 is 0 Å². The third-order valence-electron chi connectivity index (χ3n) is 3.17. The number of carbonyl (C=O) groups excluding carboxylic acids is 1. The maximum atomic E-state index is 14.0. The minimum Gasteiger partial charge on any atom is -0.378 e. The number of thiophene rings is 1. The zero-order valence-corrected chi connectivity index (χ0v) is 12.1. The number of benzene rings is 1. The van der Waals surface area contributed by atoms with Gasteiger partial charge in [0.1, 0.15) is 5.82 Å². The molecule has 0 spiro atoms. The largest absolute Gasteiger partial charge is 0.378 e. The molecule has 2 heterocycles. The van der Waals surface area contributed by atoms with Crippen LogP contribution in [0.25, 0.3) is 0 Å². The predicted molar refractivity (Wildman–Crippen MR) is 80.0 cm³/mol. The highest BCUT2D eigenvalue weighted by Crippen LogP contribution is 2.29. The van der Waals surface area contributed by atoms with Gasteiger partial charge in [0.2, 0.25) is 5.91 Å². The normalized spacial score (nSPS) is 13.8. The maximum absolute atomic E-state index is 14.0. The second kappa shape index (κ2) is 5.42. The zero-order chi connectivity index (χ0) is 14.1. The Kier molecular flexibility index (Phi) is 3.63. The monoisotopic (exact) mass is 310 g/mol. The molecule has 20 heavy (non-hydrogen) atoms. The number of carbonyl (C=O) groups is 1. The summed E-state index contributed by atoms with van der Waals surface area (Å²) in [6.45, 7) is 0.501. The van der Waals surface area contributed by atoms with Crippen LogP contribution in [0, 0.1) is 5.82 Å². The van der Waals surface area contributed by atoms with Gasteiger partial charge in [-0.15, -0.1) is 11.3 Å². The van der Waals surface area contributed by atoms with Gasteiger partial charge in [0.25, 0.3) is 0 Å². The minimum atomic E-state index is -0.303. The lowest BCUT2D eigenvalue weighted by molar-refractivity contribution is -0.116. The Morgan fingerprint density at radius 2 is 2.20 bits per heavy atom. The summed E-state index contributed by atoms with van der Waals surface area (Å²) in [7, 11) is 0. The smallest absolute Gasteiger partial charge is 0.224 e. The van der Waals surface area contributed by atoms with Gasteiger partial charge in [0, 0.05) is 23.5 Å². The van der Waals surface area contributed by atoms with Gasteiger partial charge < -0.3 is 10.6 Å². The van der Waals surface area contributed by atoms with E-state index in [9.17, 15) is 9.18 Å². The average molecular weight is 311 g/mol. The summed E-state index contributed by atoms with van der Waals surface area (Å²) in [5.74, 6) is -0.331. The molecule has 1 aliphatic rings. The van der Waals surface area contributed by atoms with Crippen molar-refractivity contribution in [1.29, 1.82) is 0 Å². The fourth-order valence-corrected chi connectivity index (χ4v) is 3.19. The summed E-state index contributed by atoms with van der Waals surface area (Å²) in [6.07, 6.45) is 0.992. The fourth-order valence-electron chi connectivity index (χ4n) is 2.16. The number of halogens is 2. The van der Waals surface area contributed by atoms with Crippen LogP contribution in [0.15, 0.2) is 24.3 Å². The van der Waals surface area contributed by atoms with Crippen molar-refractivity contribution in [2.75, 3.05) is 10.6 Å². The summed E-state index contributed by atoms with van der Waals surface area (Å²) < 4.78 is 14.7. The highest BCUT2D eigenvalue weighted by molar-refractivity contribution is 7.16. The molecule has 0 aliphatic carbocycles. The van der Waals surface area contributed by atoms with Gasteiger partial charge in [-0.2, -0.15) is 0 Å². The summed E-state index contributed by atoms with van der Waals surface area (Å²) in [5.41, 5.74) is 1.91. The molecule has 0 unspecified atom stereocenters. The number of nitrogens with one attached hydrogen (secondary N) is 2. The van der Waals surface area contributed by atoms with E-state index in [1.807, 2.05) is 12.1 Å².